The molecule has 0 bridgehead atoms. The van der Waals surface area contributed by atoms with E-state index in [4.69, 9.17) is 4.42 Å². The molecule has 0 N–H and O–H groups in total. The first-order valence-corrected chi connectivity index (χ1v) is 12.7. The average molecular weight is 454 g/mol. The molecule has 1 aromatic heterocycles. The normalized spacial score (nSPS) is 18.8. The van der Waals surface area contributed by atoms with Gasteiger partial charge in [0.2, 0.25) is 10.0 Å². The predicted molar refractivity (Wildman–Crippen MR) is 121 cm³/mol. The van der Waals surface area contributed by atoms with Gasteiger partial charge in [-0.2, -0.15) is 4.31 Å². The summed E-state index contributed by atoms with van der Waals surface area (Å²) in [7, 11) is -3.68. The number of fused-ring (bicyclic) bond motifs is 1. The molecule has 0 spiro atoms. The number of hydrogen-bond donors (Lipinski definition) is 0. The zero-order chi connectivity index (χ0) is 22.1. The molecule has 32 heavy (non-hydrogen) atoms. The van der Waals surface area contributed by atoms with E-state index in [2.05, 4.69) is 4.98 Å². The minimum Gasteiger partial charge on any atom is -0.440 e. The Morgan fingerprint density at radius 2 is 1.59 bits per heavy atom. The van der Waals surface area contributed by atoms with Crippen molar-refractivity contribution < 1.29 is 17.6 Å². The molecule has 0 aliphatic carbocycles. The Hall–Kier alpha value is -2.71. The number of hydrogen-bond acceptors (Lipinski definition) is 5. The number of sulfonamides is 1. The van der Waals surface area contributed by atoms with Gasteiger partial charge >= 0.3 is 0 Å². The van der Waals surface area contributed by atoms with Gasteiger partial charge < -0.3 is 9.32 Å². The van der Waals surface area contributed by atoms with Crippen LogP contribution in [0.5, 0.6) is 0 Å². The highest BCUT2D eigenvalue weighted by Crippen LogP contribution is 2.31. The van der Waals surface area contributed by atoms with Crippen molar-refractivity contribution in [3.63, 3.8) is 0 Å². The summed E-state index contributed by atoms with van der Waals surface area (Å²) < 4.78 is 33.9. The van der Waals surface area contributed by atoms with Crippen molar-refractivity contribution in [3.05, 3.63) is 60.0 Å². The zero-order valence-corrected chi connectivity index (χ0v) is 18.8. The molecule has 1 amide bonds. The highest BCUT2D eigenvalue weighted by Gasteiger charge is 2.33. The molecule has 2 saturated heterocycles. The van der Waals surface area contributed by atoms with Crippen molar-refractivity contribution in [1.29, 1.82) is 0 Å². The van der Waals surface area contributed by atoms with Gasteiger partial charge in [0.05, 0.1) is 10.5 Å². The summed E-state index contributed by atoms with van der Waals surface area (Å²) in [6.45, 7) is 2.11. The number of aromatic nitrogens is 1. The maximum atomic E-state index is 13.3. The van der Waals surface area contributed by atoms with E-state index in [1.54, 1.807) is 29.2 Å². The van der Waals surface area contributed by atoms with Crippen LogP contribution in [0.4, 0.5) is 0 Å². The number of benzene rings is 2. The molecule has 3 heterocycles. The van der Waals surface area contributed by atoms with Crippen molar-refractivity contribution in [1.82, 2.24) is 14.2 Å². The van der Waals surface area contributed by atoms with E-state index in [-0.39, 0.29) is 22.3 Å². The van der Waals surface area contributed by atoms with Gasteiger partial charge in [-0.1, -0.05) is 30.7 Å². The Labute approximate surface area is 188 Å². The van der Waals surface area contributed by atoms with Crippen molar-refractivity contribution in [2.45, 2.75) is 42.9 Å². The SMILES string of the molecule is O=C(c1ccccc1S(=O)(=O)N1CCCCC1)N1CCC(c2nc3ccccc3o2)CC1. The van der Waals surface area contributed by atoms with Crippen molar-refractivity contribution >= 4 is 27.0 Å². The number of amides is 1. The molecule has 3 aromatic rings. The van der Waals surface area contributed by atoms with E-state index in [0.29, 0.717) is 32.1 Å². The van der Waals surface area contributed by atoms with Gasteiger partial charge in [-0.15, -0.1) is 0 Å². The highest BCUT2D eigenvalue weighted by molar-refractivity contribution is 7.89. The Morgan fingerprint density at radius 3 is 2.34 bits per heavy atom. The van der Waals surface area contributed by atoms with Crippen LogP contribution in [0.1, 0.15) is 54.3 Å². The monoisotopic (exact) mass is 453 g/mol. The molecular weight excluding hydrogens is 426 g/mol. The van der Waals surface area contributed by atoms with E-state index in [1.807, 2.05) is 24.3 Å². The number of oxazole rings is 1. The molecule has 8 heteroatoms. The lowest BCUT2D eigenvalue weighted by molar-refractivity contribution is 0.0702. The summed E-state index contributed by atoms with van der Waals surface area (Å²) in [5, 5.41) is 0. The Balaban J connectivity index is 1.32. The smallest absolute Gasteiger partial charge is 0.255 e. The van der Waals surface area contributed by atoms with Crippen LogP contribution in [-0.2, 0) is 10.0 Å². The molecule has 2 aromatic carbocycles. The summed E-state index contributed by atoms with van der Waals surface area (Å²) in [6.07, 6.45) is 4.23. The van der Waals surface area contributed by atoms with E-state index in [1.165, 1.54) is 4.31 Å². The van der Waals surface area contributed by atoms with Gasteiger partial charge in [0.15, 0.2) is 11.5 Å². The predicted octanol–water partition coefficient (Wildman–Crippen LogP) is 4.02. The van der Waals surface area contributed by atoms with Crippen molar-refractivity contribution in [2.75, 3.05) is 26.2 Å². The molecule has 5 rings (SSSR count). The molecule has 168 valence electrons. The number of nitrogens with zero attached hydrogens (tertiary/aromatic N) is 3. The summed E-state index contributed by atoms with van der Waals surface area (Å²) in [5.74, 6) is 0.641. The number of carbonyl (C=O) groups excluding carboxylic acids is 1. The standard InChI is InChI=1S/C24H27N3O4S/c28-24(19-8-2-5-11-22(19)32(29,30)27-14-6-1-7-15-27)26-16-12-18(13-17-26)23-25-20-9-3-4-10-21(20)31-23/h2-5,8-11,18H,1,6-7,12-17H2. The number of para-hydroxylation sites is 2. The van der Waals surface area contributed by atoms with Crippen LogP contribution in [0.2, 0.25) is 0 Å². The minimum absolute atomic E-state index is 0.118. The molecule has 0 unspecified atom stereocenters. The third-order valence-corrected chi connectivity index (χ3v) is 8.45. The topological polar surface area (TPSA) is 83.7 Å². The molecule has 0 atom stereocenters. The van der Waals surface area contributed by atoms with Crippen LogP contribution in [-0.4, -0.2) is 54.7 Å². The third-order valence-electron chi connectivity index (χ3n) is 6.49. The lowest BCUT2D eigenvalue weighted by Gasteiger charge is -2.32. The first-order chi connectivity index (χ1) is 15.5. The van der Waals surface area contributed by atoms with Crippen LogP contribution in [0.25, 0.3) is 11.1 Å². The Kier molecular flexibility index (Phi) is 5.73. The lowest BCUT2D eigenvalue weighted by atomic mass is 9.96. The quantitative estimate of drug-likeness (QED) is 0.596. The molecule has 7 nitrogen and oxygen atoms in total. The largest absolute Gasteiger partial charge is 0.440 e. The molecular formula is C24H27N3O4S. The number of likely N-dealkylation sites (tertiary alicyclic amines) is 1. The van der Waals surface area contributed by atoms with Crippen molar-refractivity contribution in [2.24, 2.45) is 0 Å². The van der Waals surface area contributed by atoms with E-state index < -0.39 is 10.0 Å². The van der Waals surface area contributed by atoms with Crippen LogP contribution >= 0.6 is 0 Å². The van der Waals surface area contributed by atoms with E-state index >= 15 is 0 Å². The van der Waals surface area contributed by atoms with Gasteiger partial charge in [-0.3, -0.25) is 4.79 Å². The fraction of sp³-hybridized carbons (Fsp3) is 0.417. The maximum Gasteiger partial charge on any atom is 0.255 e. The third kappa shape index (κ3) is 3.93. The average Bonchev–Trinajstić information content (AvgIpc) is 3.29. The van der Waals surface area contributed by atoms with Gasteiger partial charge in [-0.05, 0) is 49.9 Å². The second kappa shape index (κ2) is 8.67. The Morgan fingerprint density at radius 1 is 0.906 bits per heavy atom. The Bertz CT molecular complexity index is 1190. The summed E-state index contributed by atoms with van der Waals surface area (Å²) in [6, 6.07) is 14.3. The van der Waals surface area contributed by atoms with Crippen LogP contribution in [0.15, 0.2) is 57.8 Å². The first kappa shape index (κ1) is 21.2. The molecule has 2 fully saturated rings. The fourth-order valence-corrected chi connectivity index (χ4v) is 6.38. The van der Waals surface area contributed by atoms with Gasteiger partial charge in [0.1, 0.15) is 5.52 Å². The molecule has 0 radical (unpaired) electrons. The van der Waals surface area contributed by atoms with E-state index in [9.17, 15) is 13.2 Å². The lowest BCUT2D eigenvalue weighted by Crippen LogP contribution is -2.40. The van der Waals surface area contributed by atoms with Gasteiger partial charge in [-0.25, -0.2) is 13.4 Å². The zero-order valence-electron chi connectivity index (χ0n) is 17.9. The summed E-state index contributed by atoms with van der Waals surface area (Å²) in [5.41, 5.74) is 1.88. The number of piperidine rings is 2. The van der Waals surface area contributed by atoms with Crippen LogP contribution in [0, 0.1) is 0 Å². The number of rotatable bonds is 4. The second-order valence-electron chi connectivity index (χ2n) is 8.55. The van der Waals surface area contributed by atoms with Gasteiger partial charge in [0, 0.05) is 32.1 Å². The summed E-state index contributed by atoms with van der Waals surface area (Å²) >= 11 is 0. The molecule has 2 aliphatic heterocycles. The molecule has 2 aliphatic rings. The maximum absolute atomic E-state index is 13.3. The fourth-order valence-electron chi connectivity index (χ4n) is 4.68. The minimum atomic E-state index is -3.68. The van der Waals surface area contributed by atoms with Crippen LogP contribution < -0.4 is 0 Å². The van der Waals surface area contributed by atoms with Crippen LogP contribution in [0.3, 0.4) is 0 Å². The van der Waals surface area contributed by atoms with Crippen molar-refractivity contribution in [3.8, 4) is 0 Å². The summed E-state index contributed by atoms with van der Waals surface area (Å²) in [4.78, 5) is 19.8. The molecule has 0 saturated carbocycles. The van der Waals surface area contributed by atoms with E-state index in [0.717, 1.165) is 43.2 Å². The highest BCUT2D eigenvalue weighted by atomic mass is 32.2. The second-order valence-corrected chi connectivity index (χ2v) is 10.5. The van der Waals surface area contributed by atoms with Gasteiger partial charge in [0.25, 0.3) is 5.91 Å². The first-order valence-electron chi connectivity index (χ1n) is 11.3. The number of carbonyl (C=O) groups is 1.